The van der Waals surface area contributed by atoms with Crippen molar-refractivity contribution < 1.29 is 9.53 Å². The number of amides is 1. The summed E-state index contributed by atoms with van der Waals surface area (Å²) in [6, 6.07) is 2.03. The number of piperidine rings is 1. The van der Waals surface area contributed by atoms with Crippen molar-refractivity contribution in [2.45, 2.75) is 58.0 Å². The predicted octanol–water partition coefficient (Wildman–Crippen LogP) is 2.59. The zero-order valence-electron chi connectivity index (χ0n) is 16.5. The van der Waals surface area contributed by atoms with Crippen LogP contribution in [0.3, 0.4) is 0 Å². The number of aromatic nitrogens is 2. The summed E-state index contributed by atoms with van der Waals surface area (Å²) < 4.78 is 5.56. The first-order valence-electron chi connectivity index (χ1n) is 10.4. The first-order valence-corrected chi connectivity index (χ1v) is 10.4. The van der Waals surface area contributed by atoms with Gasteiger partial charge in [-0.15, -0.1) is 0 Å². The summed E-state index contributed by atoms with van der Waals surface area (Å²) in [5, 5.41) is 6.35. The van der Waals surface area contributed by atoms with Crippen LogP contribution in [0.1, 0.15) is 51.9 Å². The van der Waals surface area contributed by atoms with Crippen molar-refractivity contribution in [2.24, 2.45) is 5.92 Å². The van der Waals surface area contributed by atoms with Crippen molar-refractivity contribution in [1.29, 1.82) is 0 Å². The molecule has 1 aromatic heterocycles. The molecule has 7 heteroatoms. The van der Waals surface area contributed by atoms with Gasteiger partial charge in [0.25, 0.3) is 0 Å². The van der Waals surface area contributed by atoms with Crippen molar-refractivity contribution >= 4 is 17.5 Å². The van der Waals surface area contributed by atoms with Crippen molar-refractivity contribution in [3.05, 3.63) is 12.4 Å². The molecule has 27 heavy (non-hydrogen) atoms. The summed E-state index contributed by atoms with van der Waals surface area (Å²) in [5.74, 6) is 2.55. The minimum atomic E-state index is 0.149. The monoisotopic (exact) mass is 375 g/mol. The van der Waals surface area contributed by atoms with Crippen LogP contribution in [0.25, 0.3) is 0 Å². The van der Waals surface area contributed by atoms with E-state index in [2.05, 4.69) is 32.4 Å². The van der Waals surface area contributed by atoms with E-state index in [0.29, 0.717) is 18.9 Å². The van der Waals surface area contributed by atoms with Gasteiger partial charge in [0, 0.05) is 45.3 Å². The summed E-state index contributed by atoms with van der Waals surface area (Å²) in [6.07, 6.45) is 8.94. The Kier molecular flexibility index (Phi) is 7.68. The molecule has 1 aromatic rings. The molecular weight excluding hydrogens is 342 g/mol. The summed E-state index contributed by atoms with van der Waals surface area (Å²) in [6.45, 7) is 6.53. The van der Waals surface area contributed by atoms with E-state index in [0.717, 1.165) is 70.0 Å². The molecule has 2 atom stereocenters. The second-order valence-corrected chi connectivity index (χ2v) is 7.62. The normalized spacial score (nSPS) is 22.6. The molecule has 1 amide bonds. The van der Waals surface area contributed by atoms with E-state index in [1.165, 1.54) is 6.42 Å². The Hall–Kier alpha value is -1.89. The predicted molar refractivity (Wildman–Crippen MR) is 107 cm³/mol. The zero-order valence-corrected chi connectivity index (χ0v) is 16.5. The van der Waals surface area contributed by atoms with Gasteiger partial charge in [0.2, 0.25) is 5.91 Å². The molecule has 2 aliphatic heterocycles. The van der Waals surface area contributed by atoms with Crippen molar-refractivity contribution in [3.8, 4) is 0 Å². The molecule has 2 unspecified atom stereocenters. The summed E-state index contributed by atoms with van der Waals surface area (Å²) in [5.41, 5.74) is 0. The van der Waals surface area contributed by atoms with E-state index in [-0.39, 0.29) is 12.0 Å². The highest BCUT2D eigenvalue weighted by Crippen LogP contribution is 2.25. The van der Waals surface area contributed by atoms with Crippen molar-refractivity contribution in [1.82, 2.24) is 15.3 Å². The Balaban J connectivity index is 1.42. The fraction of sp³-hybridized carbons (Fsp3) is 0.750. The molecule has 3 heterocycles. The number of carbonyl (C=O) groups excluding carboxylic acids is 1. The van der Waals surface area contributed by atoms with Crippen molar-refractivity contribution in [2.75, 3.05) is 43.0 Å². The molecule has 7 nitrogen and oxygen atoms in total. The fourth-order valence-electron chi connectivity index (χ4n) is 3.84. The number of hydrogen-bond acceptors (Lipinski definition) is 6. The lowest BCUT2D eigenvalue weighted by atomic mass is 9.93. The van der Waals surface area contributed by atoms with Crippen LogP contribution in [-0.2, 0) is 9.53 Å². The highest BCUT2D eigenvalue weighted by Gasteiger charge is 2.22. The molecule has 0 spiro atoms. The minimum Gasteiger partial charge on any atom is -0.376 e. The average molecular weight is 376 g/mol. The molecular formula is C20H33N5O2. The quantitative estimate of drug-likeness (QED) is 0.691. The minimum absolute atomic E-state index is 0.149. The molecule has 2 aliphatic rings. The van der Waals surface area contributed by atoms with Crippen LogP contribution in [0.2, 0.25) is 0 Å². The van der Waals surface area contributed by atoms with Crippen LogP contribution in [0.4, 0.5) is 11.6 Å². The molecule has 3 rings (SSSR count). The fourth-order valence-corrected chi connectivity index (χ4v) is 3.84. The van der Waals surface area contributed by atoms with Gasteiger partial charge in [-0.1, -0.05) is 6.92 Å². The maximum atomic E-state index is 12.1. The number of carbonyl (C=O) groups is 1. The highest BCUT2D eigenvalue weighted by molar-refractivity contribution is 5.75. The first-order chi connectivity index (χ1) is 13.2. The number of hydrogen-bond donors (Lipinski definition) is 2. The van der Waals surface area contributed by atoms with Gasteiger partial charge < -0.3 is 20.3 Å². The van der Waals surface area contributed by atoms with Gasteiger partial charge in [0.1, 0.15) is 18.0 Å². The number of ether oxygens (including phenoxy) is 1. The van der Waals surface area contributed by atoms with Crippen LogP contribution in [0, 0.1) is 5.92 Å². The van der Waals surface area contributed by atoms with E-state index in [1.54, 1.807) is 6.33 Å². The highest BCUT2D eigenvalue weighted by atomic mass is 16.5. The largest absolute Gasteiger partial charge is 0.376 e. The lowest BCUT2D eigenvalue weighted by Crippen LogP contribution is -2.37. The maximum Gasteiger partial charge on any atom is 0.220 e. The van der Waals surface area contributed by atoms with Crippen molar-refractivity contribution in [3.63, 3.8) is 0 Å². The van der Waals surface area contributed by atoms with E-state index in [9.17, 15) is 4.79 Å². The third kappa shape index (κ3) is 6.34. The Bertz CT molecular complexity index is 591. The Morgan fingerprint density at radius 1 is 1.33 bits per heavy atom. The first kappa shape index (κ1) is 19.9. The second-order valence-electron chi connectivity index (χ2n) is 7.62. The van der Waals surface area contributed by atoms with Gasteiger partial charge in [0.05, 0.1) is 6.10 Å². The lowest BCUT2D eigenvalue weighted by Gasteiger charge is -2.33. The van der Waals surface area contributed by atoms with Crippen LogP contribution < -0.4 is 15.5 Å². The van der Waals surface area contributed by atoms with Gasteiger partial charge in [-0.2, -0.15) is 0 Å². The van der Waals surface area contributed by atoms with Crippen LogP contribution in [0.15, 0.2) is 12.4 Å². The molecule has 0 aliphatic carbocycles. The maximum absolute atomic E-state index is 12.1. The molecule has 0 radical (unpaired) electrons. The number of rotatable bonds is 9. The van der Waals surface area contributed by atoms with E-state index in [4.69, 9.17) is 4.74 Å². The van der Waals surface area contributed by atoms with Crippen LogP contribution >= 0.6 is 0 Å². The standard InChI is InChI=1S/C20H33N5O2/c1-2-9-21-18-12-19(24-15-23-18)25-10-3-5-16(14-25)7-8-20(26)22-13-17-6-4-11-27-17/h12,15-17H,2-11,13-14H2,1H3,(H,22,26)(H,21,23,24). The number of nitrogens with one attached hydrogen (secondary N) is 2. The SMILES string of the molecule is CCCNc1cc(N2CCCC(CCC(=O)NCC3CCCO3)C2)ncn1. The van der Waals surface area contributed by atoms with Gasteiger partial charge in [0.15, 0.2) is 0 Å². The molecule has 2 N–H and O–H groups in total. The molecule has 150 valence electrons. The van der Waals surface area contributed by atoms with E-state index >= 15 is 0 Å². The van der Waals surface area contributed by atoms with E-state index in [1.807, 2.05) is 6.07 Å². The third-order valence-corrected chi connectivity index (χ3v) is 5.38. The zero-order chi connectivity index (χ0) is 18.9. The molecule has 2 fully saturated rings. The Morgan fingerprint density at radius 2 is 2.26 bits per heavy atom. The smallest absolute Gasteiger partial charge is 0.220 e. The molecule has 0 saturated carbocycles. The van der Waals surface area contributed by atoms with Gasteiger partial charge in [-0.05, 0) is 44.4 Å². The van der Waals surface area contributed by atoms with E-state index < -0.39 is 0 Å². The topological polar surface area (TPSA) is 79.4 Å². The average Bonchev–Trinajstić information content (AvgIpc) is 3.23. The van der Waals surface area contributed by atoms with Gasteiger partial charge in [-0.25, -0.2) is 9.97 Å². The van der Waals surface area contributed by atoms with Crippen LogP contribution in [0.5, 0.6) is 0 Å². The Morgan fingerprint density at radius 3 is 3.07 bits per heavy atom. The summed E-state index contributed by atoms with van der Waals surface area (Å²) in [7, 11) is 0. The summed E-state index contributed by atoms with van der Waals surface area (Å²) >= 11 is 0. The molecule has 0 aromatic carbocycles. The third-order valence-electron chi connectivity index (χ3n) is 5.38. The van der Waals surface area contributed by atoms with Gasteiger partial charge >= 0.3 is 0 Å². The Labute approximate surface area is 162 Å². The van der Waals surface area contributed by atoms with Gasteiger partial charge in [-0.3, -0.25) is 4.79 Å². The lowest BCUT2D eigenvalue weighted by molar-refractivity contribution is -0.121. The molecule has 0 bridgehead atoms. The summed E-state index contributed by atoms with van der Waals surface area (Å²) in [4.78, 5) is 23.2. The number of nitrogens with zero attached hydrogens (tertiary/aromatic N) is 3. The number of anilines is 2. The molecule has 2 saturated heterocycles. The van der Waals surface area contributed by atoms with Crippen LogP contribution in [-0.4, -0.2) is 54.8 Å². The second kappa shape index (κ2) is 10.4.